The fourth-order valence-corrected chi connectivity index (χ4v) is 3.85. The summed E-state index contributed by atoms with van der Waals surface area (Å²) in [6.07, 6.45) is 5.51. The van der Waals surface area contributed by atoms with Gasteiger partial charge in [-0.25, -0.2) is 0 Å². The molecule has 1 N–H and O–H groups in total. The first kappa shape index (κ1) is 18.0. The number of aromatic nitrogens is 1. The number of hydrogen-bond donors (Lipinski definition) is 1. The number of halogens is 1. The Balaban J connectivity index is 1.35. The number of carbonyl (C=O) groups excluding carboxylic acids is 1. The standard InChI is InChI=1S/C21H22ClN3O2/c1-14(15-4-8-23-9-5-15)25-10-6-18(7-11-25)24-21(26)20-13-16-12-17(22)2-3-19(16)27-20/h2-5,8-9,12-14,18H,6-7,10-11H2,1H3,(H,24,26)/t14-/m0/s1. The summed E-state index contributed by atoms with van der Waals surface area (Å²) in [5.41, 5.74) is 1.94. The van der Waals surface area contributed by atoms with Gasteiger partial charge in [-0.3, -0.25) is 14.7 Å². The molecule has 1 aromatic carbocycles. The van der Waals surface area contributed by atoms with E-state index < -0.39 is 0 Å². The summed E-state index contributed by atoms with van der Waals surface area (Å²) in [5, 5.41) is 4.58. The summed E-state index contributed by atoms with van der Waals surface area (Å²) >= 11 is 6.00. The zero-order valence-electron chi connectivity index (χ0n) is 15.2. The highest BCUT2D eigenvalue weighted by Crippen LogP contribution is 2.25. The summed E-state index contributed by atoms with van der Waals surface area (Å²) < 4.78 is 5.66. The highest BCUT2D eigenvalue weighted by molar-refractivity contribution is 6.31. The van der Waals surface area contributed by atoms with Crippen molar-refractivity contribution in [3.8, 4) is 0 Å². The average molecular weight is 384 g/mol. The number of carbonyl (C=O) groups is 1. The summed E-state index contributed by atoms with van der Waals surface area (Å²) in [6, 6.07) is 11.7. The molecule has 1 aliphatic heterocycles. The molecule has 0 unspecified atom stereocenters. The second-order valence-electron chi connectivity index (χ2n) is 7.03. The quantitative estimate of drug-likeness (QED) is 0.723. The minimum atomic E-state index is -0.164. The number of pyridine rings is 1. The highest BCUT2D eigenvalue weighted by atomic mass is 35.5. The topological polar surface area (TPSA) is 58.4 Å². The van der Waals surface area contributed by atoms with Gasteiger partial charge in [0.1, 0.15) is 5.58 Å². The largest absolute Gasteiger partial charge is 0.451 e. The Morgan fingerprint density at radius 2 is 1.96 bits per heavy atom. The van der Waals surface area contributed by atoms with Crippen LogP contribution in [0.4, 0.5) is 0 Å². The van der Waals surface area contributed by atoms with Gasteiger partial charge in [-0.1, -0.05) is 11.6 Å². The summed E-state index contributed by atoms with van der Waals surface area (Å²) in [5.74, 6) is 0.169. The van der Waals surface area contributed by atoms with Crippen LogP contribution in [0.3, 0.4) is 0 Å². The second kappa shape index (κ2) is 7.71. The molecule has 1 saturated heterocycles. The fourth-order valence-electron chi connectivity index (χ4n) is 3.67. The van der Waals surface area contributed by atoms with E-state index >= 15 is 0 Å². The van der Waals surface area contributed by atoms with E-state index in [2.05, 4.69) is 34.3 Å². The summed E-state index contributed by atoms with van der Waals surface area (Å²) in [4.78, 5) is 19.1. The van der Waals surface area contributed by atoms with Crippen molar-refractivity contribution in [1.29, 1.82) is 0 Å². The zero-order valence-corrected chi connectivity index (χ0v) is 15.9. The lowest BCUT2D eigenvalue weighted by Crippen LogP contribution is -2.45. The third kappa shape index (κ3) is 3.99. The number of nitrogens with one attached hydrogen (secondary N) is 1. The lowest BCUT2D eigenvalue weighted by Gasteiger charge is -2.36. The van der Waals surface area contributed by atoms with E-state index in [9.17, 15) is 4.79 Å². The van der Waals surface area contributed by atoms with Crippen molar-refractivity contribution in [1.82, 2.24) is 15.2 Å². The molecule has 0 radical (unpaired) electrons. The van der Waals surface area contributed by atoms with Gasteiger partial charge < -0.3 is 9.73 Å². The number of amides is 1. The molecular weight excluding hydrogens is 362 g/mol. The Kier molecular flexibility index (Phi) is 5.14. The molecule has 1 fully saturated rings. The molecule has 4 rings (SSSR count). The van der Waals surface area contributed by atoms with Gasteiger partial charge in [0.05, 0.1) is 0 Å². The molecule has 0 saturated carbocycles. The lowest BCUT2D eigenvalue weighted by molar-refractivity contribution is 0.0871. The van der Waals surface area contributed by atoms with Gasteiger partial charge in [0.2, 0.25) is 0 Å². The van der Waals surface area contributed by atoms with Gasteiger partial charge in [-0.05, 0) is 61.7 Å². The maximum Gasteiger partial charge on any atom is 0.287 e. The van der Waals surface area contributed by atoms with Crippen LogP contribution in [0.15, 0.2) is 53.2 Å². The van der Waals surface area contributed by atoms with Crippen molar-refractivity contribution in [2.75, 3.05) is 13.1 Å². The van der Waals surface area contributed by atoms with Crippen molar-refractivity contribution in [2.45, 2.75) is 31.8 Å². The smallest absolute Gasteiger partial charge is 0.287 e. The Hall–Kier alpha value is -2.37. The SMILES string of the molecule is C[C@@H](c1ccncc1)N1CCC(NC(=O)c2cc3cc(Cl)ccc3o2)CC1. The molecule has 140 valence electrons. The van der Waals surface area contributed by atoms with Crippen LogP contribution in [0.5, 0.6) is 0 Å². The van der Waals surface area contributed by atoms with Gasteiger partial charge in [-0.2, -0.15) is 0 Å². The minimum absolute atomic E-state index is 0.162. The molecule has 1 amide bonds. The fraction of sp³-hybridized carbons (Fsp3) is 0.333. The number of rotatable bonds is 4. The third-order valence-corrected chi connectivity index (χ3v) is 5.54. The van der Waals surface area contributed by atoms with E-state index in [1.807, 2.05) is 12.4 Å². The normalized spacial score (nSPS) is 17.1. The van der Waals surface area contributed by atoms with Gasteiger partial charge >= 0.3 is 0 Å². The number of likely N-dealkylation sites (tertiary alicyclic amines) is 1. The molecule has 0 spiro atoms. The molecule has 3 aromatic rings. The van der Waals surface area contributed by atoms with Crippen LogP contribution in [0, 0.1) is 0 Å². The van der Waals surface area contributed by atoms with Crippen molar-refractivity contribution in [2.24, 2.45) is 0 Å². The number of benzene rings is 1. The first-order valence-corrected chi connectivity index (χ1v) is 9.62. The molecule has 1 aliphatic rings. The summed E-state index contributed by atoms with van der Waals surface area (Å²) in [7, 11) is 0. The lowest BCUT2D eigenvalue weighted by atomic mass is 10.0. The monoisotopic (exact) mass is 383 g/mol. The number of furan rings is 1. The van der Waals surface area contributed by atoms with E-state index in [0.29, 0.717) is 22.4 Å². The Bertz CT molecular complexity index is 933. The van der Waals surface area contributed by atoms with E-state index in [0.717, 1.165) is 31.3 Å². The second-order valence-corrected chi connectivity index (χ2v) is 7.47. The maximum atomic E-state index is 12.5. The predicted octanol–water partition coefficient (Wildman–Crippen LogP) is 4.44. The molecule has 3 heterocycles. The number of piperidine rings is 1. The zero-order chi connectivity index (χ0) is 18.8. The number of nitrogens with zero attached hydrogens (tertiary/aromatic N) is 2. The Labute approximate surface area is 163 Å². The first-order valence-electron chi connectivity index (χ1n) is 9.24. The van der Waals surface area contributed by atoms with Crippen molar-refractivity contribution < 1.29 is 9.21 Å². The van der Waals surface area contributed by atoms with Crippen molar-refractivity contribution in [3.63, 3.8) is 0 Å². The molecule has 0 aliphatic carbocycles. The van der Waals surface area contributed by atoms with Crippen LogP contribution < -0.4 is 5.32 Å². The van der Waals surface area contributed by atoms with Crippen LogP contribution in [0.25, 0.3) is 11.0 Å². The van der Waals surface area contributed by atoms with Gasteiger partial charge in [0.15, 0.2) is 5.76 Å². The summed E-state index contributed by atoms with van der Waals surface area (Å²) in [6.45, 7) is 4.11. The Morgan fingerprint density at radius 1 is 1.22 bits per heavy atom. The average Bonchev–Trinajstić information content (AvgIpc) is 3.12. The van der Waals surface area contributed by atoms with E-state index in [4.69, 9.17) is 16.0 Å². The molecule has 1 atom stereocenters. The van der Waals surface area contributed by atoms with Crippen LogP contribution in [-0.2, 0) is 0 Å². The van der Waals surface area contributed by atoms with Crippen LogP contribution >= 0.6 is 11.6 Å². The molecule has 5 nitrogen and oxygen atoms in total. The third-order valence-electron chi connectivity index (χ3n) is 5.30. The van der Waals surface area contributed by atoms with Gasteiger partial charge in [0.25, 0.3) is 5.91 Å². The van der Waals surface area contributed by atoms with Crippen LogP contribution in [0.1, 0.15) is 41.9 Å². The molecular formula is C21H22ClN3O2. The maximum absolute atomic E-state index is 12.5. The van der Waals surface area contributed by atoms with Crippen molar-refractivity contribution in [3.05, 3.63) is 65.1 Å². The molecule has 2 aromatic heterocycles. The predicted molar refractivity (Wildman–Crippen MR) is 106 cm³/mol. The number of hydrogen-bond acceptors (Lipinski definition) is 4. The van der Waals surface area contributed by atoms with Gasteiger partial charge in [-0.15, -0.1) is 0 Å². The minimum Gasteiger partial charge on any atom is -0.451 e. The van der Waals surface area contributed by atoms with Crippen LogP contribution in [0.2, 0.25) is 5.02 Å². The molecule has 27 heavy (non-hydrogen) atoms. The Morgan fingerprint density at radius 3 is 2.70 bits per heavy atom. The number of fused-ring (bicyclic) bond motifs is 1. The van der Waals surface area contributed by atoms with Crippen LogP contribution in [-0.4, -0.2) is 34.9 Å². The first-order chi connectivity index (χ1) is 13.1. The highest BCUT2D eigenvalue weighted by Gasteiger charge is 2.25. The van der Waals surface area contributed by atoms with E-state index in [1.54, 1.807) is 24.3 Å². The molecule has 0 bridgehead atoms. The van der Waals surface area contributed by atoms with Gasteiger partial charge in [0, 0.05) is 48.0 Å². The van der Waals surface area contributed by atoms with E-state index in [-0.39, 0.29) is 11.9 Å². The molecule has 6 heteroatoms. The van der Waals surface area contributed by atoms with E-state index in [1.165, 1.54) is 5.56 Å². The van der Waals surface area contributed by atoms with Crippen molar-refractivity contribution >= 4 is 28.5 Å².